The highest BCUT2D eigenvalue weighted by atomic mass is 79.9. The van der Waals surface area contributed by atoms with E-state index >= 15 is 0 Å². The molecule has 0 bridgehead atoms. The van der Waals surface area contributed by atoms with Gasteiger partial charge in [0.15, 0.2) is 0 Å². The fourth-order valence-corrected chi connectivity index (χ4v) is 1.54. The van der Waals surface area contributed by atoms with E-state index in [1.165, 1.54) is 0 Å². The summed E-state index contributed by atoms with van der Waals surface area (Å²) < 4.78 is 0.703. The van der Waals surface area contributed by atoms with E-state index < -0.39 is 5.54 Å². The predicted octanol–water partition coefficient (Wildman–Crippen LogP) is 2.57. The molecule has 3 N–H and O–H groups in total. The van der Waals surface area contributed by atoms with Gasteiger partial charge in [0.25, 0.3) is 5.91 Å². The molecule has 0 spiro atoms. The number of benzene rings is 1. The molecule has 3 nitrogen and oxygen atoms in total. The predicted molar refractivity (Wildman–Crippen MR) is 69.8 cm³/mol. The van der Waals surface area contributed by atoms with Crippen molar-refractivity contribution in [2.24, 2.45) is 5.73 Å². The van der Waals surface area contributed by atoms with E-state index in [0.717, 1.165) is 0 Å². The fourth-order valence-electron chi connectivity index (χ4n) is 1.05. The molecule has 0 heterocycles. The van der Waals surface area contributed by atoms with Crippen LogP contribution in [-0.4, -0.2) is 18.0 Å². The first-order valence-electron chi connectivity index (χ1n) is 4.82. The third-order valence-electron chi connectivity index (χ3n) is 1.89. The molecular weight excluding hydrogens is 291 g/mol. The summed E-state index contributed by atoms with van der Waals surface area (Å²) >= 11 is 9.10. The molecule has 1 rings (SSSR count). The zero-order valence-electron chi connectivity index (χ0n) is 9.18. The number of halogens is 2. The molecular formula is C11H14BrClN2O. The van der Waals surface area contributed by atoms with E-state index in [2.05, 4.69) is 21.2 Å². The van der Waals surface area contributed by atoms with E-state index in [1.807, 2.05) is 13.8 Å². The van der Waals surface area contributed by atoms with Gasteiger partial charge in [-0.05, 0) is 48.0 Å². The lowest BCUT2D eigenvalue weighted by molar-refractivity contribution is 0.0946. The summed E-state index contributed by atoms with van der Waals surface area (Å²) in [6.45, 7) is 4.13. The van der Waals surface area contributed by atoms with Gasteiger partial charge in [0.2, 0.25) is 0 Å². The van der Waals surface area contributed by atoms with Crippen LogP contribution in [0.25, 0.3) is 0 Å². The minimum atomic E-state index is -0.417. The minimum Gasteiger partial charge on any atom is -0.350 e. The van der Waals surface area contributed by atoms with Crippen molar-refractivity contribution in [1.29, 1.82) is 0 Å². The van der Waals surface area contributed by atoms with Gasteiger partial charge in [-0.1, -0.05) is 11.6 Å². The van der Waals surface area contributed by atoms with Crippen LogP contribution in [0.15, 0.2) is 22.7 Å². The van der Waals surface area contributed by atoms with E-state index in [-0.39, 0.29) is 5.91 Å². The van der Waals surface area contributed by atoms with Gasteiger partial charge < -0.3 is 11.1 Å². The molecule has 0 aliphatic heterocycles. The summed E-state index contributed by atoms with van der Waals surface area (Å²) in [7, 11) is 0. The maximum atomic E-state index is 11.7. The summed E-state index contributed by atoms with van der Waals surface area (Å²) in [4.78, 5) is 11.7. The van der Waals surface area contributed by atoms with Crippen LogP contribution in [0.3, 0.4) is 0 Å². The van der Waals surface area contributed by atoms with Gasteiger partial charge in [-0.15, -0.1) is 0 Å². The van der Waals surface area contributed by atoms with Gasteiger partial charge in [-0.25, -0.2) is 0 Å². The highest BCUT2D eigenvalue weighted by Gasteiger charge is 2.13. The Hall–Kier alpha value is -0.580. The van der Waals surface area contributed by atoms with Crippen molar-refractivity contribution in [3.05, 3.63) is 33.3 Å². The lowest BCUT2D eigenvalue weighted by Crippen LogP contribution is -2.45. The Morgan fingerprint density at radius 3 is 2.69 bits per heavy atom. The topological polar surface area (TPSA) is 55.1 Å². The lowest BCUT2D eigenvalue weighted by Gasteiger charge is -2.18. The van der Waals surface area contributed by atoms with Crippen LogP contribution >= 0.6 is 27.5 Å². The van der Waals surface area contributed by atoms with Gasteiger partial charge in [-0.2, -0.15) is 0 Å². The highest BCUT2D eigenvalue weighted by Crippen LogP contribution is 2.23. The number of nitrogens with one attached hydrogen (secondary N) is 1. The molecule has 0 aliphatic rings. The number of rotatable bonds is 3. The molecule has 1 aromatic carbocycles. The van der Waals surface area contributed by atoms with E-state index in [1.54, 1.807) is 18.2 Å². The standard InChI is InChI=1S/C11H14BrClN2O/c1-11(2,14)6-15-10(16)7-3-4-9(13)8(12)5-7/h3-5H,6,14H2,1-2H3,(H,15,16). The zero-order valence-corrected chi connectivity index (χ0v) is 11.5. The number of amides is 1. The number of carbonyl (C=O) groups excluding carboxylic acids is 1. The molecule has 1 aromatic rings. The average Bonchev–Trinajstić information content (AvgIpc) is 2.17. The van der Waals surface area contributed by atoms with Crippen molar-refractivity contribution in [2.75, 3.05) is 6.54 Å². The van der Waals surface area contributed by atoms with Gasteiger partial charge in [0, 0.05) is 22.1 Å². The van der Waals surface area contributed by atoms with Crippen LogP contribution in [0.4, 0.5) is 0 Å². The molecule has 1 amide bonds. The van der Waals surface area contributed by atoms with Crippen LogP contribution in [0, 0.1) is 0 Å². The third kappa shape index (κ3) is 4.12. The van der Waals surface area contributed by atoms with Crippen molar-refractivity contribution in [1.82, 2.24) is 5.32 Å². The maximum Gasteiger partial charge on any atom is 0.251 e. The summed E-state index contributed by atoms with van der Waals surface area (Å²) in [5, 5.41) is 3.34. The first kappa shape index (κ1) is 13.5. The normalized spacial score (nSPS) is 11.3. The molecule has 5 heteroatoms. The molecule has 0 fully saturated rings. The molecule has 0 atom stereocenters. The molecule has 0 radical (unpaired) electrons. The van der Waals surface area contributed by atoms with Gasteiger partial charge in [-0.3, -0.25) is 4.79 Å². The second-order valence-corrected chi connectivity index (χ2v) is 5.56. The molecule has 16 heavy (non-hydrogen) atoms. The SMILES string of the molecule is CC(C)(N)CNC(=O)c1ccc(Cl)c(Br)c1. The first-order chi connectivity index (χ1) is 7.29. The quantitative estimate of drug-likeness (QED) is 0.902. The Kier molecular flexibility index (Phi) is 4.35. The Labute approximate surface area is 108 Å². The Bertz CT molecular complexity index is 401. The van der Waals surface area contributed by atoms with E-state index in [9.17, 15) is 4.79 Å². The smallest absolute Gasteiger partial charge is 0.251 e. The summed E-state index contributed by atoms with van der Waals surface area (Å²) in [6, 6.07) is 5.03. The fraction of sp³-hybridized carbons (Fsp3) is 0.364. The van der Waals surface area contributed by atoms with Crippen molar-refractivity contribution in [2.45, 2.75) is 19.4 Å². The minimum absolute atomic E-state index is 0.157. The second kappa shape index (κ2) is 5.17. The maximum absolute atomic E-state index is 11.7. The average molecular weight is 306 g/mol. The Morgan fingerprint density at radius 2 is 2.19 bits per heavy atom. The summed E-state index contributed by atoms with van der Waals surface area (Å²) in [5.74, 6) is -0.157. The lowest BCUT2D eigenvalue weighted by atomic mass is 10.1. The molecule has 0 aromatic heterocycles. The molecule has 0 saturated heterocycles. The monoisotopic (exact) mass is 304 g/mol. The molecule has 88 valence electrons. The second-order valence-electron chi connectivity index (χ2n) is 4.30. The number of hydrogen-bond acceptors (Lipinski definition) is 2. The summed E-state index contributed by atoms with van der Waals surface area (Å²) in [5.41, 5.74) is 5.91. The van der Waals surface area contributed by atoms with Crippen molar-refractivity contribution < 1.29 is 4.79 Å². The summed E-state index contributed by atoms with van der Waals surface area (Å²) in [6.07, 6.45) is 0. The zero-order chi connectivity index (χ0) is 12.3. The Morgan fingerprint density at radius 1 is 1.56 bits per heavy atom. The van der Waals surface area contributed by atoms with Crippen LogP contribution < -0.4 is 11.1 Å². The largest absolute Gasteiger partial charge is 0.350 e. The Balaban J connectivity index is 2.70. The van der Waals surface area contributed by atoms with Gasteiger partial charge in [0.1, 0.15) is 0 Å². The number of carbonyl (C=O) groups is 1. The highest BCUT2D eigenvalue weighted by molar-refractivity contribution is 9.10. The van der Waals surface area contributed by atoms with Crippen LogP contribution in [0.5, 0.6) is 0 Å². The molecule has 0 saturated carbocycles. The number of hydrogen-bond donors (Lipinski definition) is 2. The van der Waals surface area contributed by atoms with Gasteiger partial charge in [0.05, 0.1) is 5.02 Å². The first-order valence-corrected chi connectivity index (χ1v) is 5.99. The van der Waals surface area contributed by atoms with Crippen LogP contribution in [0.1, 0.15) is 24.2 Å². The van der Waals surface area contributed by atoms with Crippen molar-refractivity contribution in [3.8, 4) is 0 Å². The third-order valence-corrected chi connectivity index (χ3v) is 3.10. The van der Waals surface area contributed by atoms with E-state index in [0.29, 0.717) is 21.6 Å². The number of nitrogens with two attached hydrogens (primary N) is 1. The van der Waals surface area contributed by atoms with E-state index in [4.69, 9.17) is 17.3 Å². The van der Waals surface area contributed by atoms with Gasteiger partial charge >= 0.3 is 0 Å². The van der Waals surface area contributed by atoms with Crippen molar-refractivity contribution >= 4 is 33.4 Å². The van der Waals surface area contributed by atoms with Crippen LogP contribution in [0.2, 0.25) is 5.02 Å². The van der Waals surface area contributed by atoms with Crippen LogP contribution in [-0.2, 0) is 0 Å². The van der Waals surface area contributed by atoms with Crippen molar-refractivity contribution in [3.63, 3.8) is 0 Å². The molecule has 0 unspecified atom stereocenters. The molecule has 0 aliphatic carbocycles.